The number of aryl methyl sites for hydroxylation is 1. The molecule has 0 aromatic heterocycles. The molecular formula is C13H21NO2. The molecule has 0 atom stereocenters. The molecule has 0 amide bonds. The molecule has 0 aliphatic heterocycles. The van der Waals surface area contributed by atoms with Gasteiger partial charge in [0.25, 0.3) is 0 Å². The van der Waals surface area contributed by atoms with Gasteiger partial charge in [0.2, 0.25) is 0 Å². The number of hydrogen-bond acceptors (Lipinski definition) is 3. The van der Waals surface area contributed by atoms with Gasteiger partial charge in [-0.25, -0.2) is 0 Å². The van der Waals surface area contributed by atoms with Crippen molar-refractivity contribution in [2.45, 2.75) is 19.8 Å². The molecule has 0 radical (unpaired) electrons. The summed E-state index contributed by atoms with van der Waals surface area (Å²) in [6.07, 6.45) is 2.11. The lowest BCUT2D eigenvalue weighted by Gasteiger charge is -2.06. The number of unbranched alkanes of at least 4 members (excludes halogenated alkanes) is 1. The maximum atomic E-state index is 8.55. The molecule has 0 heterocycles. The number of hydrogen-bond donors (Lipinski definition) is 2. The van der Waals surface area contributed by atoms with Gasteiger partial charge in [-0.1, -0.05) is 17.7 Å². The summed E-state index contributed by atoms with van der Waals surface area (Å²) in [5.74, 6) is 0.939. The second kappa shape index (κ2) is 8.13. The monoisotopic (exact) mass is 223 g/mol. The van der Waals surface area contributed by atoms with Gasteiger partial charge < -0.3 is 15.2 Å². The van der Waals surface area contributed by atoms with Gasteiger partial charge >= 0.3 is 0 Å². The molecule has 0 unspecified atom stereocenters. The molecule has 1 aromatic rings. The lowest BCUT2D eigenvalue weighted by Crippen LogP contribution is -2.19. The van der Waals surface area contributed by atoms with Gasteiger partial charge in [0.1, 0.15) is 5.75 Å². The van der Waals surface area contributed by atoms with Crippen LogP contribution in [-0.2, 0) is 0 Å². The first-order valence-electron chi connectivity index (χ1n) is 5.84. The zero-order chi connectivity index (χ0) is 11.6. The van der Waals surface area contributed by atoms with Crippen LogP contribution in [0.1, 0.15) is 18.4 Å². The van der Waals surface area contributed by atoms with Crippen molar-refractivity contribution in [3.05, 3.63) is 29.8 Å². The highest BCUT2D eigenvalue weighted by Gasteiger charge is 1.93. The smallest absolute Gasteiger partial charge is 0.119 e. The molecule has 90 valence electrons. The predicted octanol–water partition coefficient (Wildman–Crippen LogP) is 1.74. The molecule has 0 aliphatic carbocycles. The normalized spacial score (nSPS) is 10.4. The second-order valence-electron chi connectivity index (χ2n) is 3.84. The van der Waals surface area contributed by atoms with Crippen LogP contribution < -0.4 is 10.1 Å². The fourth-order valence-electron chi connectivity index (χ4n) is 1.38. The summed E-state index contributed by atoms with van der Waals surface area (Å²) < 4.78 is 5.59. The van der Waals surface area contributed by atoms with Gasteiger partial charge in [-0.3, -0.25) is 0 Å². The molecule has 0 saturated carbocycles. The van der Waals surface area contributed by atoms with Crippen molar-refractivity contribution in [3.63, 3.8) is 0 Å². The summed E-state index contributed by atoms with van der Waals surface area (Å²) in [7, 11) is 0. The van der Waals surface area contributed by atoms with Gasteiger partial charge in [-0.05, 0) is 38.4 Å². The molecule has 3 nitrogen and oxygen atoms in total. The lowest BCUT2D eigenvalue weighted by molar-refractivity contribution is 0.286. The molecular weight excluding hydrogens is 202 g/mol. The molecule has 1 rings (SSSR count). The summed E-state index contributed by atoms with van der Waals surface area (Å²) in [6.45, 7) is 4.65. The highest BCUT2D eigenvalue weighted by atomic mass is 16.5. The summed E-state index contributed by atoms with van der Waals surface area (Å²) in [4.78, 5) is 0. The van der Waals surface area contributed by atoms with E-state index in [-0.39, 0.29) is 6.61 Å². The third-order valence-electron chi connectivity index (χ3n) is 2.33. The second-order valence-corrected chi connectivity index (χ2v) is 3.84. The average molecular weight is 223 g/mol. The Balaban J connectivity index is 2.01. The number of ether oxygens (including phenoxy) is 1. The maximum absolute atomic E-state index is 8.55. The number of aliphatic hydroxyl groups excluding tert-OH is 1. The van der Waals surface area contributed by atoms with Crippen molar-refractivity contribution < 1.29 is 9.84 Å². The van der Waals surface area contributed by atoms with Crippen LogP contribution in [-0.4, -0.2) is 31.4 Å². The maximum Gasteiger partial charge on any atom is 0.119 e. The van der Waals surface area contributed by atoms with E-state index in [1.54, 1.807) is 0 Å². The molecule has 0 aliphatic rings. The highest BCUT2D eigenvalue weighted by Crippen LogP contribution is 2.11. The van der Waals surface area contributed by atoms with Crippen LogP contribution in [0.5, 0.6) is 5.75 Å². The molecule has 0 spiro atoms. The summed E-state index contributed by atoms with van der Waals surface area (Å²) >= 11 is 0. The first-order valence-corrected chi connectivity index (χ1v) is 5.84. The van der Waals surface area contributed by atoms with E-state index in [4.69, 9.17) is 9.84 Å². The summed E-state index contributed by atoms with van der Waals surface area (Å²) in [5.41, 5.74) is 1.25. The first-order chi connectivity index (χ1) is 7.83. The van der Waals surface area contributed by atoms with Crippen LogP contribution in [0.4, 0.5) is 0 Å². The van der Waals surface area contributed by atoms with Crippen molar-refractivity contribution >= 4 is 0 Å². The van der Waals surface area contributed by atoms with E-state index in [2.05, 4.69) is 24.4 Å². The Kier molecular flexibility index (Phi) is 6.61. The van der Waals surface area contributed by atoms with Crippen molar-refractivity contribution in [3.8, 4) is 5.75 Å². The largest absolute Gasteiger partial charge is 0.494 e. The van der Waals surface area contributed by atoms with E-state index in [1.807, 2.05) is 12.1 Å². The number of nitrogens with one attached hydrogen (secondary N) is 1. The molecule has 2 N–H and O–H groups in total. The van der Waals surface area contributed by atoms with Crippen LogP contribution >= 0.6 is 0 Å². The lowest BCUT2D eigenvalue weighted by atomic mass is 10.2. The van der Waals surface area contributed by atoms with Gasteiger partial charge in [-0.2, -0.15) is 0 Å². The molecule has 1 aromatic carbocycles. The van der Waals surface area contributed by atoms with Crippen molar-refractivity contribution in [2.24, 2.45) is 0 Å². The minimum atomic E-state index is 0.208. The Labute approximate surface area is 97.4 Å². The van der Waals surface area contributed by atoms with Gasteiger partial charge in [0, 0.05) is 6.54 Å². The van der Waals surface area contributed by atoms with Crippen molar-refractivity contribution in [1.82, 2.24) is 5.32 Å². The predicted molar refractivity (Wildman–Crippen MR) is 65.9 cm³/mol. The standard InChI is InChI=1S/C13H21NO2/c1-12-4-6-13(7-5-12)16-11-3-2-8-14-9-10-15/h4-7,14-15H,2-3,8-11H2,1H3. The zero-order valence-electron chi connectivity index (χ0n) is 9.91. The van der Waals surface area contributed by atoms with Gasteiger partial charge in [0.05, 0.1) is 13.2 Å². The molecule has 0 fully saturated rings. The van der Waals surface area contributed by atoms with E-state index in [1.165, 1.54) is 5.56 Å². The fourth-order valence-corrected chi connectivity index (χ4v) is 1.38. The van der Waals surface area contributed by atoms with E-state index in [0.29, 0.717) is 6.54 Å². The third kappa shape index (κ3) is 5.73. The Morgan fingerprint density at radius 1 is 1.12 bits per heavy atom. The topological polar surface area (TPSA) is 41.5 Å². The fraction of sp³-hybridized carbons (Fsp3) is 0.538. The van der Waals surface area contributed by atoms with Gasteiger partial charge in [0.15, 0.2) is 0 Å². The molecule has 16 heavy (non-hydrogen) atoms. The Morgan fingerprint density at radius 3 is 2.56 bits per heavy atom. The Bertz CT molecular complexity index is 272. The van der Waals surface area contributed by atoms with E-state index in [9.17, 15) is 0 Å². The Hall–Kier alpha value is -1.06. The van der Waals surface area contributed by atoms with E-state index >= 15 is 0 Å². The zero-order valence-corrected chi connectivity index (χ0v) is 9.91. The number of aliphatic hydroxyl groups is 1. The average Bonchev–Trinajstić information content (AvgIpc) is 2.30. The van der Waals surface area contributed by atoms with Crippen LogP contribution in [0.15, 0.2) is 24.3 Å². The van der Waals surface area contributed by atoms with E-state index < -0.39 is 0 Å². The quantitative estimate of drug-likeness (QED) is 0.660. The van der Waals surface area contributed by atoms with E-state index in [0.717, 1.165) is 31.7 Å². The molecule has 0 saturated heterocycles. The van der Waals surface area contributed by atoms with Crippen LogP contribution in [0.2, 0.25) is 0 Å². The third-order valence-corrected chi connectivity index (χ3v) is 2.33. The number of rotatable bonds is 8. The van der Waals surface area contributed by atoms with Crippen LogP contribution in [0, 0.1) is 6.92 Å². The van der Waals surface area contributed by atoms with Crippen LogP contribution in [0.3, 0.4) is 0 Å². The minimum absolute atomic E-state index is 0.208. The summed E-state index contributed by atoms with van der Waals surface area (Å²) in [6, 6.07) is 8.11. The first kappa shape index (κ1) is 13.0. The Morgan fingerprint density at radius 2 is 1.88 bits per heavy atom. The summed E-state index contributed by atoms with van der Waals surface area (Å²) in [5, 5.41) is 11.7. The van der Waals surface area contributed by atoms with Crippen LogP contribution in [0.25, 0.3) is 0 Å². The number of benzene rings is 1. The van der Waals surface area contributed by atoms with Crippen molar-refractivity contribution in [1.29, 1.82) is 0 Å². The SMILES string of the molecule is Cc1ccc(OCCCCNCCO)cc1. The van der Waals surface area contributed by atoms with Gasteiger partial charge in [-0.15, -0.1) is 0 Å². The molecule has 0 bridgehead atoms. The van der Waals surface area contributed by atoms with Crippen molar-refractivity contribution in [2.75, 3.05) is 26.3 Å². The molecule has 3 heteroatoms. The minimum Gasteiger partial charge on any atom is -0.494 e. The highest BCUT2D eigenvalue weighted by molar-refractivity contribution is 5.26.